The van der Waals surface area contributed by atoms with Crippen LogP contribution in [0.1, 0.15) is 23.4 Å². The number of nitrogens with zero attached hydrogens (tertiary/aromatic N) is 2. The zero-order valence-electron chi connectivity index (χ0n) is 10.9. The van der Waals surface area contributed by atoms with Gasteiger partial charge in [-0.1, -0.05) is 0 Å². The summed E-state index contributed by atoms with van der Waals surface area (Å²) >= 11 is 1.76. The van der Waals surface area contributed by atoms with Gasteiger partial charge in [-0.2, -0.15) is 0 Å². The Balaban J connectivity index is 2.16. The molecule has 2 unspecified atom stereocenters. The maximum absolute atomic E-state index is 9.71. The van der Waals surface area contributed by atoms with Crippen molar-refractivity contribution in [2.75, 3.05) is 33.3 Å². The Bertz CT molecular complexity index is 366. The van der Waals surface area contributed by atoms with Crippen molar-refractivity contribution in [3.05, 3.63) is 21.9 Å². The Hall–Kier alpha value is -0.420. The molecular formula is C13H22N2OS. The van der Waals surface area contributed by atoms with Crippen LogP contribution in [0.15, 0.2) is 11.4 Å². The number of aliphatic hydroxyl groups excluding tert-OH is 1. The van der Waals surface area contributed by atoms with Gasteiger partial charge in [-0.15, -0.1) is 11.3 Å². The van der Waals surface area contributed by atoms with Gasteiger partial charge in [0.05, 0.1) is 12.6 Å². The van der Waals surface area contributed by atoms with Gasteiger partial charge >= 0.3 is 0 Å². The second-order valence-corrected chi connectivity index (χ2v) is 5.96. The van der Waals surface area contributed by atoms with E-state index in [0.717, 1.165) is 19.6 Å². The lowest BCUT2D eigenvalue weighted by atomic mass is 10.1. The highest BCUT2D eigenvalue weighted by molar-refractivity contribution is 7.10. The number of piperazine rings is 1. The van der Waals surface area contributed by atoms with E-state index in [9.17, 15) is 5.11 Å². The van der Waals surface area contributed by atoms with E-state index < -0.39 is 0 Å². The van der Waals surface area contributed by atoms with Gasteiger partial charge in [0.1, 0.15) is 0 Å². The average molecular weight is 254 g/mol. The minimum atomic E-state index is 0.179. The maximum Gasteiger partial charge on any atom is 0.0680 e. The minimum absolute atomic E-state index is 0.179. The van der Waals surface area contributed by atoms with Crippen LogP contribution in [-0.4, -0.2) is 54.2 Å². The van der Waals surface area contributed by atoms with Crippen LogP contribution in [0.2, 0.25) is 0 Å². The fraction of sp³-hybridized carbons (Fsp3) is 0.692. The number of hydrogen-bond acceptors (Lipinski definition) is 4. The molecule has 1 fully saturated rings. The molecule has 0 saturated carbocycles. The second kappa shape index (κ2) is 5.48. The van der Waals surface area contributed by atoms with E-state index in [2.05, 4.69) is 42.1 Å². The van der Waals surface area contributed by atoms with E-state index in [4.69, 9.17) is 0 Å². The monoisotopic (exact) mass is 254 g/mol. The van der Waals surface area contributed by atoms with Gasteiger partial charge < -0.3 is 10.0 Å². The van der Waals surface area contributed by atoms with Gasteiger partial charge in [-0.05, 0) is 37.9 Å². The summed E-state index contributed by atoms with van der Waals surface area (Å²) in [5, 5.41) is 11.8. The molecular weight excluding hydrogens is 232 g/mol. The molecule has 1 aromatic heterocycles. The first-order valence-corrected chi connectivity index (χ1v) is 7.10. The number of aryl methyl sites for hydroxylation is 1. The first-order chi connectivity index (χ1) is 8.13. The third-order valence-electron chi connectivity index (χ3n) is 3.66. The van der Waals surface area contributed by atoms with Gasteiger partial charge in [0.15, 0.2) is 0 Å². The second-order valence-electron chi connectivity index (χ2n) is 5.02. The number of likely N-dealkylation sites (N-methyl/N-ethyl adjacent to an activating group) is 1. The molecule has 3 nitrogen and oxygen atoms in total. The molecule has 1 aliphatic rings. The Morgan fingerprint density at radius 2 is 2.29 bits per heavy atom. The van der Waals surface area contributed by atoms with Crippen LogP contribution in [0.25, 0.3) is 0 Å². The van der Waals surface area contributed by atoms with E-state index in [1.807, 2.05) is 0 Å². The highest BCUT2D eigenvalue weighted by atomic mass is 32.1. The van der Waals surface area contributed by atoms with E-state index in [1.165, 1.54) is 10.4 Å². The molecule has 0 bridgehead atoms. The van der Waals surface area contributed by atoms with Crippen molar-refractivity contribution in [2.45, 2.75) is 25.9 Å². The molecule has 0 spiro atoms. The lowest BCUT2D eigenvalue weighted by Crippen LogP contribution is -2.52. The van der Waals surface area contributed by atoms with Crippen LogP contribution in [0, 0.1) is 6.92 Å². The number of hydrogen-bond donors (Lipinski definition) is 1. The van der Waals surface area contributed by atoms with Crippen molar-refractivity contribution in [1.29, 1.82) is 0 Å². The smallest absolute Gasteiger partial charge is 0.0680 e. The quantitative estimate of drug-likeness (QED) is 0.890. The molecule has 0 radical (unpaired) electrons. The maximum atomic E-state index is 9.71. The molecule has 2 rings (SSSR count). The third-order valence-corrected chi connectivity index (χ3v) is 4.78. The molecule has 2 atom stereocenters. The summed E-state index contributed by atoms with van der Waals surface area (Å²) in [7, 11) is 2.16. The van der Waals surface area contributed by atoms with E-state index in [-0.39, 0.29) is 12.6 Å². The first-order valence-electron chi connectivity index (χ1n) is 6.22. The lowest BCUT2D eigenvalue weighted by Gasteiger charge is -2.42. The van der Waals surface area contributed by atoms with Crippen LogP contribution in [-0.2, 0) is 0 Å². The van der Waals surface area contributed by atoms with Crippen LogP contribution in [0.4, 0.5) is 0 Å². The van der Waals surface area contributed by atoms with Crippen LogP contribution >= 0.6 is 11.3 Å². The zero-order chi connectivity index (χ0) is 12.4. The van der Waals surface area contributed by atoms with Crippen molar-refractivity contribution in [3.8, 4) is 0 Å². The highest BCUT2D eigenvalue weighted by Crippen LogP contribution is 2.30. The van der Waals surface area contributed by atoms with Gasteiger partial charge in [0, 0.05) is 30.6 Å². The topological polar surface area (TPSA) is 26.7 Å². The predicted molar refractivity (Wildman–Crippen MR) is 72.5 cm³/mol. The van der Waals surface area contributed by atoms with Crippen LogP contribution in [0.5, 0.6) is 0 Å². The van der Waals surface area contributed by atoms with Gasteiger partial charge in [0.2, 0.25) is 0 Å². The van der Waals surface area contributed by atoms with E-state index >= 15 is 0 Å². The molecule has 4 heteroatoms. The van der Waals surface area contributed by atoms with Crippen LogP contribution < -0.4 is 0 Å². The number of rotatable bonds is 3. The van der Waals surface area contributed by atoms with Crippen molar-refractivity contribution >= 4 is 11.3 Å². The molecule has 1 aromatic rings. The molecule has 0 amide bonds. The molecule has 0 aliphatic carbocycles. The first kappa shape index (κ1) is 13.0. The summed E-state index contributed by atoms with van der Waals surface area (Å²) < 4.78 is 0. The molecule has 1 aliphatic heterocycles. The summed E-state index contributed by atoms with van der Waals surface area (Å²) in [6.45, 7) is 7.82. The molecule has 17 heavy (non-hydrogen) atoms. The largest absolute Gasteiger partial charge is 0.394 e. The summed E-state index contributed by atoms with van der Waals surface area (Å²) in [6.07, 6.45) is 0. The van der Waals surface area contributed by atoms with Gasteiger partial charge in [0.25, 0.3) is 0 Å². The minimum Gasteiger partial charge on any atom is -0.394 e. The standard InChI is InChI=1S/C13H22N2OS/c1-10-4-7-17-13(10)12(9-16)15-6-5-14(3)8-11(15)2/h4,7,11-12,16H,5-6,8-9H2,1-3H3. The highest BCUT2D eigenvalue weighted by Gasteiger charge is 2.29. The Labute approximate surface area is 108 Å². The van der Waals surface area contributed by atoms with Crippen molar-refractivity contribution < 1.29 is 5.11 Å². The van der Waals surface area contributed by atoms with Crippen molar-refractivity contribution in [3.63, 3.8) is 0 Å². The predicted octanol–water partition coefficient (Wildman–Crippen LogP) is 1.73. The number of aliphatic hydroxyl groups is 1. The molecule has 1 N–H and O–H groups in total. The third kappa shape index (κ3) is 2.71. The zero-order valence-corrected chi connectivity index (χ0v) is 11.7. The van der Waals surface area contributed by atoms with Crippen molar-refractivity contribution in [2.24, 2.45) is 0 Å². The summed E-state index contributed by atoms with van der Waals surface area (Å²) in [6, 6.07) is 2.83. The molecule has 1 saturated heterocycles. The normalized spacial score (nSPS) is 25.1. The van der Waals surface area contributed by atoms with Crippen LogP contribution in [0.3, 0.4) is 0 Å². The molecule has 96 valence electrons. The van der Waals surface area contributed by atoms with E-state index in [0.29, 0.717) is 6.04 Å². The number of thiophene rings is 1. The van der Waals surface area contributed by atoms with E-state index in [1.54, 1.807) is 11.3 Å². The Kier molecular flexibility index (Phi) is 4.20. The Morgan fingerprint density at radius 1 is 1.53 bits per heavy atom. The fourth-order valence-corrected chi connectivity index (χ4v) is 3.72. The van der Waals surface area contributed by atoms with Gasteiger partial charge in [-0.3, -0.25) is 4.90 Å². The molecule has 0 aromatic carbocycles. The lowest BCUT2D eigenvalue weighted by molar-refractivity contribution is 0.0354. The average Bonchev–Trinajstić information content (AvgIpc) is 2.69. The summed E-state index contributed by atoms with van der Waals surface area (Å²) in [4.78, 5) is 6.12. The summed E-state index contributed by atoms with van der Waals surface area (Å²) in [5.74, 6) is 0. The van der Waals surface area contributed by atoms with Gasteiger partial charge in [-0.25, -0.2) is 0 Å². The van der Waals surface area contributed by atoms with Crippen molar-refractivity contribution in [1.82, 2.24) is 9.80 Å². The molecule has 2 heterocycles. The SMILES string of the molecule is Cc1ccsc1C(CO)N1CCN(C)CC1C. The fourth-order valence-electron chi connectivity index (χ4n) is 2.68. The summed E-state index contributed by atoms with van der Waals surface area (Å²) in [5.41, 5.74) is 1.31. The Morgan fingerprint density at radius 3 is 2.82 bits per heavy atom.